The van der Waals surface area contributed by atoms with Gasteiger partial charge in [-0.05, 0) is 25.5 Å². The first kappa shape index (κ1) is 9.32. The highest BCUT2D eigenvalue weighted by Crippen LogP contribution is 2.49. The summed E-state index contributed by atoms with van der Waals surface area (Å²) in [6.07, 6.45) is 3.29. The first-order valence-electron chi connectivity index (χ1n) is 5.10. The van der Waals surface area contributed by atoms with E-state index in [1.807, 2.05) is 0 Å². The van der Waals surface area contributed by atoms with Gasteiger partial charge in [0.1, 0.15) is 0 Å². The topological polar surface area (TPSA) is 3.24 Å². The van der Waals surface area contributed by atoms with Gasteiger partial charge in [-0.1, -0.05) is 24.3 Å². The van der Waals surface area contributed by atoms with Crippen LogP contribution in [-0.2, 0) is 0 Å². The van der Waals surface area contributed by atoms with Gasteiger partial charge in [0, 0.05) is 24.2 Å². The second kappa shape index (κ2) is 3.16. The zero-order chi connectivity index (χ0) is 10.2. The normalized spacial score (nSPS) is 29.7. The Morgan fingerprint density at radius 3 is 2.57 bits per heavy atom. The molecule has 0 amide bonds. The molecule has 0 aromatic heterocycles. The van der Waals surface area contributed by atoms with E-state index >= 15 is 0 Å². The molecule has 0 N–H and O–H groups in total. The lowest BCUT2D eigenvalue weighted by molar-refractivity contribution is 0.657. The van der Waals surface area contributed by atoms with Crippen molar-refractivity contribution in [2.24, 2.45) is 5.92 Å². The SMILES string of the molecule is C=CC1CC1(C)N(C)c1ccccc1. The minimum absolute atomic E-state index is 0.295. The average molecular weight is 187 g/mol. The minimum Gasteiger partial charge on any atom is -0.369 e. The van der Waals surface area contributed by atoms with Crippen LogP contribution in [0, 0.1) is 5.92 Å². The average Bonchev–Trinajstić information content (AvgIpc) is 2.91. The molecule has 0 heterocycles. The second-order valence-corrected chi connectivity index (χ2v) is 4.30. The zero-order valence-electron chi connectivity index (χ0n) is 8.90. The van der Waals surface area contributed by atoms with E-state index in [2.05, 4.69) is 61.9 Å². The van der Waals surface area contributed by atoms with Gasteiger partial charge in [-0.25, -0.2) is 0 Å². The van der Waals surface area contributed by atoms with Crippen molar-refractivity contribution in [1.29, 1.82) is 0 Å². The monoisotopic (exact) mass is 187 g/mol. The Morgan fingerprint density at radius 1 is 1.43 bits per heavy atom. The van der Waals surface area contributed by atoms with E-state index < -0.39 is 0 Å². The quantitative estimate of drug-likeness (QED) is 0.657. The van der Waals surface area contributed by atoms with Crippen LogP contribution >= 0.6 is 0 Å². The van der Waals surface area contributed by atoms with Gasteiger partial charge in [0.2, 0.25) is 0 Å². The standard InChI is InChI=1S/C13H17N/c1-4-11-10-13(11,2)14(3)12-8-6-5-7-9-12/h4-9,11H,1,10H2,2-3H3. The summed E-state index contributed by atoms with van der Waals surface area (Å²) in [7, 11) is 2.17. The largest absolute Gasteiger partial charge is 0.369 e. The molecular formula is C13H17N. The van der Waals surface area contributed by atoms with Crippen molar-refractivity contribution in [3.05, 3.63) is 43.0 Å². The van der Waals surface area contributed by atoms with Crippen LogP contribution in [0.5, 0.6) is 0 Å². The van der Waals surface area contributed by atoms with E-state index in [1.165, 1.54) is 12.1 Å². The van der Waals surface area contributed by atoms with E-state index in [-0.39, 0.29) is 0 Å². The van der Waals surface area contributed by atoms with Gasteiger partial charge in [-0.3, -0.25) is 0 Å². The van der Waals surface area contributed by atoms with E-state index in [9.17, 15) is 0 Å². The number of rotatable bonds is 3. The molecule has 2 rings (SSSR count). The van der Waals surface area contributed by atoms with Crippen LogP contribution < -0.4 is 4.90 Å². The van der Waals surface area contributed by atoms with E-state index in [0.717, 1.165) is 0 Å². The molecule has 1 heteroatoms. The summed E-state index contributed by atoms with van der Waals surface area (Å²) in [4.78, 5) is 2.36. The second-order valence-electron chi connectivity index (χ2n) is 4.30. The molecule has 1 aliphatic rings. The summed E-state index contributed by atoms with van der Waals surface area (Å²) in [5.41, 5.74) is 1.59. The van der Waals surface area contributed by atoms with Crippen molar-refractivity contribution in [1.82, 2.24) is 0 Å². The molecule has 0 spiro atoms. The highest BCUT2D eigenvalue weighted by molar-refractivity contribution is 5.51. The molecule has 0 saturated heterocycles. The number of para-hydroxylation sites is 1. The van der Waals surface area contributed by atoms with E-state index in [0.29, 0.717) is 11.5 Å². The predicted molar refractivity (Wildman–Crippen MR) is 61.6 cm³/mol. The lowest BCUT2D eigenvalue weighted by Gasteiger charge is -2.27. The lowest BCUT2D eigenvalue weighted by atomic mass is 10.2. The number of hydrogen-bond acceptors (Lipinski definition) is 1. The Morgan fingerprint density at radius 2 is 2.07 bits per heavy atom. The number of nitrogens with zero attached hydrogens (tertiary/aromatic N) is 1. The molecule has 2 unspecified atom stereocenters. The lowest BCUT2D eigenvalue weighted by Crippen LogP contribution is -2.32. The van der Waals surface area contributed by atoms with Crippen molar-refractivity contribution in [3.8, 4) is 0 Å². The summed E-state index contributed by atoms with van der Waals surface area (Å²) in [6.45, 7) is 6.17. The summed E-state index contributed by atoms with van der Waals surface area (Å²) in [5.74, 6) is 0.646. The van der Waals surface area contributed by atoms with Crippen molar-refractivity contribution in [2.75, 3.05) is 11.9 Å². The van der Waals surface area contributed by atoms with Crippen LogP contribution in [0.15, 0.2) is 43.0 Å². The molecule has 1 saturated carbocycles. The third kappa shape index (κ3) is 1.33. The smallest absolute Gasteiger partial charge is 0.0440 e. The molecule has 0 radical (unpaired) electrons. The predicted octanol–water partition coefficient (Wildman–Crippen LogP) is 3.09. The molecule has 1 aromatic rings. The van der Waals surface area contributed by atoms with Gasteiger partial charge >= 0.3 is 0 Å². The summed E-state index contributed by atoms with van der Waals surface area (Å²) in [6, 6.07) is 10.5. The molecule has 1 fully saturated rings. The molecular weight excluding hydrogens is 170 g/mol. The Labute approximate surface area is 86.1 Å². The molecule has 2 atom stereocenters. The summed E-state index contributed by atoms with van der Waals surface area (Å²) in [5, 5.41) is 0. The third-order valence-corrected chi connectivity index (χ3v) is 3.47. The maximum Gasteiger partial charge on any atom is 0.0440 e. The van der Waals surface area contributed by atoms with Gasteiger partial charge in [0.05, 0.1) is 0 Å². The van der Waals surface area contributed by atoms with Crippen LogP contribution in [0.3, 0.4) is 0 Å². The van der Waals surface area contributed by atoms with E-state index in [4.69, 9.17) is 0 Å². The van der Waals surface area contributed by atoms with Crippen LogP contribution in [0.4, 0.5) is 5.69 Å². The molecule has 1 aromatic carbocycles. The highest BCUT2D eigenvalue weighted by Gasteiger charge is 2.51. The Hall–Kier alpha value is -1.24. The first-order valence-corrected chi connectivity index (χ1v) is 5.10. The molecule has 14 heavy (non-hydrogen) atoms. The molecule has 74 valence electrons. The molecule has 0 bridgehead atoms. The third-order valence-electron chi connectivity index (χ3n) is 3.47. The van der Waals surface area contributed by atoms with Crippen LogP contribution in [0.25, 0.3) is 0 Å². The van der Waals surface area contributed by atoms with Crippen LogP contribution in [0.1, 0.15) is 13.3 Å². The summed E-state index contributed by atoms with van der Waals surface area (Å²) >= 11 is 0. The van der Waals surface area contributed by atoms with Gasteiger partial charge in [0.25, 0.3) is 0 Å². The van der Waals surface area contributed by atoms with E-state index in [1.54, 1.807) is 0 Å². The highest BCUT2D eigenvalue weighted by atomic mass is 15.2. The Bertz CT molecular complexity index is 330. The number of benzene rings is 1. The van der Waals surface area contributed by atoms with Gasteiger partial charge in [-0.15, -0.1) is 6.58 Å². The van der Waals surface area contributed by atoms with Crippen molar-refractivity contribution in [3.63, 3.8) is 0 Å². The fourth-order valence-electron chi connectivity index (χ4n) is 2.06. The molecule has 0 aliphatic heterocycles. The molecule has 1 nitrogen and oxygen atoms in total. The Kier molecular flexibility index (Phi) is 2.10. The van der Waals surface area contributed by atoms with Gasteiger partial charge in [0.15, 0.2) is 0 Å². The van der Waals surface area contributed by atoms with Crippen molar-refractivity contribution >= 4 is 5.69 Å². The number of anilines is 1. The summed E-state index contributed by atoms with van der Waals surface area (Å²) < 4.78 is 0. The van der Waals surface area contributed by atoms with Crippen LogP contribution in [-0.4, -0.2) is 12.6 Å². The minimum atomic E-state index is 0.295. The maximum atomic E-state index is 3.87. The van der Waals surface area contributed by atoms with Gasteiger partial charge in [-0.2, -0.15) is 0 Å². The van der Waals surface area contributed by atoms with Crippen molar-refractivity contribution in [2.45, 2.75) is 18.9 Å². The fourth-order valence-corrected chi connectivity index (χ4v) is 2.06. The Balaban J connectivity index is 2.18. The molecule has 1 aliphatic carbocycles. The van der Waals surface area contributed by atoms with Crippen molar-refractivity contribution < 1.29 is 0 Å². The number of hydrogen-bond donors (Lipinski definition) is 0. The first-order chi connectivity index (χ1) is 6.68. The van der Waals surface area contributed by atoms with Crippen LogP contribution in [0.2, 0.25) is 0 Å². The fraction of sp³-hybridized carbons (Fsp3) is 0.385. The zero-order valence-corrected chi connectivity index (χ0v) is 8.90. The maximum absolute atomic E-state index is 3.87. The van der Waals surface area contributed by atoms with Gasteiger partial charge < -0.3 is 4.90 Å².